The quantitative estimate of drug-likeness (QED) is 0.938. The SMILES string of the molecule is C[C@@H](NC(=O)C1(c2ccc(F)cc2)CC1)c1ccc(C#N)cc1. The van der Waals surface area contributed by atoms with E-state index in [0.29, 0.717) is 5.56 Å². The second-order valence-corrected chi connectivity index (χ2v) is 6.02. The van der Waals surface area contributed by atoms with E-state index < -0.39 is 5.41 Å². The molecule has 3 nitrogen and oxygen atoms in total. The van der Waals surface area contributed by atoms with Crippen LogP contribution in [0, 0.1) is 17.1 Å². The van der Waals surface area contributed by atoms with Gasteiger partial charge in [-0.25, -0.2) is 4.39 Å². The maximum atomic E-state index is 13.1. The monoisotopic (exact) mass is 308 g/mol. The molecule has 23 heavy (non-hydrogen) atoms. The van der Waals surface area contributed by atoms with Gasteiger partial charge in [-0.15, -0.1) is 0 Å². The average molecular weight is 308 g/mol. The number of halogens is 1. The summed E-state index contributed by atoms with van der Waals surface area (Å²) in [5.74, 6) is -0.322. The fourth-order valence-electron chi connectivity index (χ4n) is 2.81. The fraction of sp³-hybridized carbons (Fsp3) is 0.263. The summed E-state index contributed by atoms with van der Waals surface area (Å²) < 4.78 is 13.1. The van der Waals surface area contributed by atoms with Crippen molar-refractivity contribution in [2.45, 2.75) is 31.2 Å². The second kappa shape index (κ2) is 5.85. The van der Waals surface area contributed by atoms with Gasteiger partial charge < -0.3 is 5.32 Å². The van der Waals surface area contributed by atoms with Crippen molar-refractivity contribution in [3.63, 3.8) is 0 Å². The second-order valence-electron chi connectivity index (χ2n) is 6.02. The lowest BCUT2D eigenvalue weighted by Crippen LogP contribution is -2.36. The zero-order chi connectivity index (χ0) is 16.4. The Labute approximate surface area is 134 Å². The molecule has 4 heteroatoms. The van der Waals surface area contributed by atoms with Crippen LogP contribution in [0.2, 0.25) is 0 Å². The zero-order valence-corrected chi connectivity index (χ0v) is 12.8. The summed E-state index contributed by atoms with van der Waals surface area (Å²) in [7, 11) is 0. The Balaban J connectivity index is 1.73. The maximum absolute atomic E-state index is 13.1. The summed E-state index contributed by atoms with van der Waals surface area (Å²) in [5, 5.41) is 11.9. The van der Waals surface area contributed by atoms with Crippen molar-refractivity contribution >= 4 is 5.91 Å². The maximum Gasteiger partial charge on any atom is 0.231 e. The molecule has 1 amide bonds. The van der Waals surface area contributed by atoms with Crippen LogP contribution in [0.1, 0.15) is 42.5 Å². The van der Waals surface area contributed by atoms with Gasteiger partial charge in [-0.05, 0) is 55.2 Å². The molecular weight excluding hydrogens is 291 g/mol. The minimum Gasteiger partial charge on any atom is -0.349 e. The van der Waals surface area contributed by atoms with Gasteiger partial charge in [0.15, 0.2) is 0 Å². The Hall–Kier alpha value is -2.67. The molecule has 0 saturated heterocycles. The van der Waals surface area contributed by atoms with Crippen LogP contribution in [0.5, 0.6) is 0 Å². The number of carbonyl (C=O) groups excluding carboxylic acids is 1. The van der Waals surface area contributed by atoms with Crippen LogP contribution in [-0.2, 0) is 10.2 Å². The van der Waals surface area contributed by atoms with Crippen molar-refractivity contribution in [2.75, 3.05) is 0 Å². The van der Waals surface area contributed by atoms with Crippen molar-refractivity contribution in [1.29, 1.82) is 5.26 Å². The predicted molar refractivity (Wildman–Crippen MR) is 85.0 cm³/mol. The molecule has 0 radical (unpaired) electrons. The molecular formula is C19H17FN2O. The van der Waals surface area contributed by atoms with Crippen LogP contribution in [0.25, 0.3) is 0 Å². The molecule has 1 N–H and O–H groups in total. The van der Waals surface area contributed by atoms with Crippen molar-refractivity contribution in [3.8, 4) is 6.07 Å². The van der Waals surface area contributed by atoms with Gasteiger partial charge >= 0.3 is 0 Å². The van der Waals surface area contributed by atoms with E-state index >= 15 is 0 Å². The number of hydrogen-bond donors (Lipinski definition) is 1. The van der Waals surface area contributed by atoms with Crippen LogP contribution in [0.15, 0.2) is 48.5 Å². The molecule has 2 aromatic rings. The highest BCUT2D eigenvalue weighted by Gasteiger charge is 2.51. The molecule has 2 aromatic carbocycles. The highest BCUT2D eigenvalue weighted by molar-refractivity contribution is 5.91. The first-order chi connectivity index (χ1) is 11.0. The molecule has 1 aliphatic carbocycles. The van der Waals surface area contributed by atoms with E-state index in [1.165, 1.54) is 12.1 Å². The third-order valence-electron chi connectivity index (χ3n) is 4.47. The van der Waals surface area contributed by atoms with Gasteiger partial charge in [0.2, 0.25) is 5.91 Å². The van der Waals surface area contributed by atoms with E-state index in [-0.39, 0.29) is 17.8 Å². The lowest BCUT2D eigenvalue weighted by atomic mass is 9.94. The van der Waals surface area contributed by atoms with Crippen LogP contribution < -0.4 is 5.32 Å². The first-order valence-corrected chi connectivity index (χ1v) is 7.62. The summed E-state index contributed by atoms with van der Waals surface area (Å²) in [6.45, 7) is 1.92. The highest BCUT2D eigenvalue weighted by atomic mass is 19.1. The molecule has 3 rings (SSSR count). The number of nitriles is 1. The van der Waals surface area contributed by atoms with E-state index in [9.17, 15) is 9.18 Å². The summed E-state index contributed by atoms with van der Waals surface area (Å²) in [4.78, 5) is 12.7. The molecule has 1 fully saturated rings. The molecule has 0 bridgehead atoms. The average Bonchev–Trinajstić information content (AvgIpc) is 3.37. The van der Waals surface area contributed by atoms with E-state index in [2.05, 4.69) is 11.4 Å². The van der Waals surface area contributed by atoms with E-state index in [1.54, 1.807) is 24.3 Å². The van der Waals surface area contributed by atoms with Crippen molar-refractivity contribution in [2.24, 2.45) is 0 Å². The van der Waals surface area contributed by atoms with Crippen LogP contribution in [-0.4, -0.2) is 5.91 Å². The normalized spacial score (nSPS) is 16.2. The summed E-state index contributed by atoms with van der Waals surface area (Å²) >= 11 is 0. The molecule has 0 unspecified atom stereocenters. The first kappa shape index (κ1) is 15.2. The Bertz CT molecular complexity index is 755. The number of amides is 1. The van der Waals surface area contributed by atoms with Gasteiger partial charge in [0, 0.05) is 0 Å². The van der Waals surface area contributed by atoms with E-state index in [1.807, 2.05) is 19.1 Å². The Morgan fingerprint density at radius 2 is 1.78 bits per heavy atom. The summed E-state index contributed by atoms with van der Waals surface area (Å²) in [6, 6.07) is 15.3. The molecule has 1 atom stereocenters. The van der Waals surface area contributed by atoms with Gasteiger partial charge in [-0.2, -0.15) is 5.26 Å². The lowest BCUT2D eigenvalue weighted by molar-refractivity contribution is -0.124. The topological polar surface area (TPSA) is 52.9 Å². The fourth-order valence-corrected chi connectivity index (χ4v) is 2.81. The highest BCUT2D eigenvalue weighted by Crippen LogP contribution is 2.48. The smallest absolute Gasteiger partial charge is 0.231 e. The molecule has 1 saturated carbocycles. The Morgan fingerprint density at radius 3 is 2.30 bits per heavy atom. The molecule has 0 spiro atoms. The first-order valence-electron chi connectivity index (χ1n) is 7.62. The van der Waals surface area contributed by atoms with Gasteiger partial charge in [-0.1, -0.05) is 24.3 Å². The summed E-state index contributed by atoms with van der Waals surface area (Å²) in [5.41, 5.74) is 1.89. The van der Waals surface area contributed by atoms with Crippen LogP contribution >= 0.6 is 0 Å². The Morgan fingerprint density at radius 1 is 1.17 bits per heavy atom. The number of nitrogens with zero attached hydrogens (tertiary/aromatic N) is 1. The van der Waals surface area contributed by atoms with E-state index in [0.717, 1.165) is 24.0 Å². The number of carbonyl (C=O) groups is 1. The Kier molecular flexibility index (Phi) is 3.87. The predicted octanol–water partition coefficient (Wildman–Crippen LogP) is 3.61. The number of rotatable bonds is 4. The third-order valence-corrected chi connectivity index (χ3v) is 4.47. The van der Waals surface area contributed by atoms with Gasteiger partial charge in [-0.3, -0.25) is 4.79 Å². The standard InChI is InChI=1S/C19H17FN2O/c1-13(15-4-2-14(12-21)3-5-15)22-18(23)19(10-11-19)16-6-8-17(20)9-7-16/h2-9,13H,10-11H2,1H3,(H,22,23)/t13-/m1/s1. The van der Waals surface area contributed by atoms with Crippen molar-refractivity contribution < 1.29 is 9.18 Å². The van der Waals surface area contributed by atoms with Crippen LogP contribution in [0.3, 0.4) is 0 Å². The minimum atomic E-state index is -0.519. The summed E-state index contributed by atoms with van der Waals surface area (Å²) in [6.07, 6.45) is 1.56. The van der Waals surface area contributed by atoms with Crippen molar-refractivity contribution in [1.82, 2.24) is 5.32 Å². The number of benzene rings is 2. The van der Waals surface area contributed by atoms with Crippen LogP contribution in [0.4, 0.5) is 4.39 Å². The number of hydrogen-bond acceptors (Lipinski definition) is 2. The molecule has 1 aliphatic rings. The third kappa shape index (κ3) is 2.95. The minimum absolute atomic E-state index is 0.0269. The largest absolute Gasteiger partial charge is 0.349 e. The van der Waals surface area contributed by atoms with Crippen molar-refractivity contribution in [3.05, 3.63) is 71.0 Å². The van der Waals surface area contributed by atoms with Gasteiger partial charge in [0.25, 0.3) is 0 Å². The molecule has 0 aromatic heterocycles. The van der Waals surface area contributed by atoms with Gasteiger partial charge in [0.05, 0.1) is 23.1 Å². The molecule has 0 heterocycles. The lowest BCUT2D eigenvalue weighted by Gasteiger charge is -2.20. The van der Waals surface area contributed by atoms with Gasteiger partial charge in [0.1, 0.15) is 5.82 Å². The zero-order valence-electron chi connectivity index (χ0n) is 12.8. The van der Waals surface area contributed by atoms with E-state index in [4.69, 9.17) is 5.26 Å². The molecule has 0 aliphatic heterocycles. The number of nitrogens with one attached hydrogen (secondary N) is 1. The molecule has 116 valence electrons.